The molecule has 0 aliphatic heterocycles. The highest BCUT2D eigenvalue weighted by atomic mass is 79.9. The molecular weight excluding hydrogens is 176 g/mol. The Bertz CT molecular complexity index is 185. The summed E-state index contributed by atoms with van der Waals surface area (Å²) in [7, 11) is 0. The molecule has 5 atom stereocenters. The Labute approximate surface area is 63.5 Å². The van der Waals surface area contributed by atoms with Crippen LogP contribution < -0.4 is 0 Å². The summed E-state index contributed by atoms with van der Waals surface area (Å²) in [4.78, 5) is 0.845. The number of halogens is 1. The molecule has 1 heteroatoms. The Morgan fingerprint density at radius 2 is 2.22 bits per heavy atom. The Balaban J connectivity index is 2.11. The van der Waals surface area contributed by atoms with Crippen LogP contribution in [0.2, 0.25) is 0 Å². The highest BCUT2D eigenvalue weighted by molar-refractivity contribution is 9.09. The van der Waals surface area contributed by atoms with E-state index in [0.717, 1.165) is 28.5 Å². The maximum atomic E-state index is 3.75. The van der Waals surface area contributed by atoms with Crippen molar-refractivity contribution in [3.63, 3.8) is 0 Å². The number of alkyl halides is 1. The minimum absolute atomic E-state index is 0.845. The Morgan fingerprint density at radius 1 is 1.33 bits per heavy atom. The van der Waals surface area contributed by atoms with E-state index in [1.165, 1.54) is 6.42 Å². The van der Waals surface area contributed by atoms with E-state index < -0.39 is 0 Å². The summed E-state index contributed by atoms with van der Waals surface area (Å²) in [5.74, 6) is 4.01. The highest BCUT2D eigenvalue weighted by Crippen LogP contribution is 2.65. The van der Waals surface area contributed by atoms with Crippen molar-refractivity contribution >= 4 is 15.9 Å². The topological polar surface area (TPSA) is 0 Å². The average molecular weight is 185 g/mol. The van der Waals surface area contributed by atoms with Crippen LogP contribution >= 0.6 is 15.9 Å². The fourth-order valence-corrected chi connectivity index (χ4v) is 3.78. The van der Waals surface area contributed by atoms with Crippen LogP contribution in [0.3, 0.4) is 0 Å². The van der Waals surface area contributed by atoms with Gasteiger partial charge in [-0.25, -0.2) is 0 Å². The molecule has 4 aliphatic rings. The first kappa shape index (κ1) is 4.95. The van der Waals surface area contributed by atoms with Crippen molar-refractivity contribution in [2.24, 2.45) is 23.7 Å². The van der Waals surface area contributed by atoms with E-state index in [2.05, 4.69) is 28.1 Å². The van der Waals surface area contributed by atoms with Crippen LogP contribution in [0.5, 0.6) is 0 Å². The molecule has 0 amide bonds. The molecule has 2 fully saturated rings. The highest BCUT2D eigenvalue weighted by Gasteiger charge is 2.61. The predicted octanol–water partition coefficient (Wildman–Crippen LogP) is 2.20. The molecule has 4 aliphatic carbocycles. The summed E-state index contributed by atoms with van der Waals surface area (Å²) in [5, 5.41) is 0. The normalized spacial score (nSPS) is 66.6. The van der Waals surface area contributed by atoms with Crippen LogP contribution in [0.1, 0.15) is 6.42 Å². The van der Waals surface area contributed by atoms with Crippen molar-refractivity contribution < 1.29 is 0 Å². The molecule has 0 nitrogen and oxygen atoms in total. The number of hydrogen-bond donors (Lipinski definition) is 0. The van der Waals surface area contributed by atoms with Crippen molar-refractivity contribution in [1.82, 2.24) is 0 Å². The van der Waals surface area contributed by atoms with Crippen molar-refractivity contribution in [3.05, 3.63) is 12.2 Å². The molecule has 0 saturated heterocycles. The van der Waals surface area contributed by atoms with Crippen molar-refractivity contribution in [1.29, 1.82) is 0 Å². The van der Waals surface area contributed by atoms with Crippen LogP contribution in [-0.2, 0) is 0 Å². The first-order valence-corrected chi connectivity index (χ1v) is 4.62. The smallest absolute Gasteiger partial charge is 0.0245 e. The van der Waals surface area contributed by atoms with Gasteiger partial charge in [0.15, 0.2) is 0 Å². The zero-order valence-electron chi connectivity index (χ0n) is 5.13. The lowest BCUT2D eigenvalue weighted by molar-refractivity contribution is 0.536. The van der Waals surface area contributed by atoms with Crippen molar-refractivity contribution in [2.45, 2.75) is 11.2 Å². The minimum Gasteiger partial charge on any atom is -0.0881 e. The quantitative estimate of drug-likeness (QED) is 0.401. The summed E-state index contributed by atoms with van der Waals surface area (Å²) in [6.07, 6.45) is 6.31. The zero-order chi connectivity index (χ0) is 6.01. The van der Waals surface area contributed by atoms with Gasteiger partial charge >= 0.3 is 0 Å². The van der Waals surface area contributed by atoms with Crippen molar-refractivity contribution in [2.75, 3.05) is 0 Å². The van der Waals surface area contributed by atoms with Gasteiger partial charge in [-0.3, -0.25) is 0 Å². The first-order valence-electron chi connectivity index (χ1n) is 3.70. The standard InChI is InChI=1S/C8H9Br/c9-8-4-1-2-5-6(3-4)7(5)8/h1-2,4-8H,3H2. The van der Waals surface area contributed by atoms with Gasteiger partial charge in [0, 0.05) is 4.83 Å². The van der Waals surface area contributed by atoms with Gasteiger partial charge in [-0.2, -0.15) is 0 Å². The van der Waals surface area contributed by atoms with E-state index in [1.807, 2.05) is 0 Å². The zero-order valence-corrected chi connectivity index (χ0v) is 6.71. The fraction of sp³-hybridized carbons (Fsp3) is 0.750. The SMILES string of the molecule is BrC1C2C=CC3C(C2)C13. The lowest BCUT2D eigenvalue weighted by Crippen LogP contribution is -2.15. The van der Waals surface area contributed by atoms with Crippen LogP contribution in [0.4, 0.5) is 0 Å². The lowest BCUT2D eigenvalue weighted by atomic mass is 9.93. The van der Waals surface area contributed by atoms with Gasteiger partial charge in [0.2, 0.25) is 0 Å². The van der Waals surface area contributed by atoms with Gasteiger partial charge in [0.25, 0.3) is 0 Å². The molecule has 4 rings (SSSR count). The maximum absolute atomic E-state index is 3.75. The average Bonchev–Trinajstić information content (AvgIpc) is 2.52. The third-order valence-corrected chi connectivity index (χ3v) is 4.48. The van der Waals surface area contributed by atoms with Gasteiger partial charge in [-0.15, -0.1) is 0 Å². The largest absolute Gasteiger partial charge is 0.0881 e. The minimum atomic E-state index is 0.845. The van der Waals surface area contributed by atoms with Gasteiger partial charge in [-0.1, -0.05) is 28.1 Å². The van der Waals surface area contributed by atoms with E-state index in [-0.39, 0.29) is 0 Å². The van der Waals surface area contributed by atoms with Gasteiger partial charge in [0.05, 0.1) is 0 Å². The van der Waals surface area contributed by atoms with Crippen LogP contribution in [-0.4, -0.2) is 4.83 Å². The van der Waals surface area contributed by atoms with Crippen LogP contribution in [0, 0.1) is 23.7 Å². The molecule has 0 radical (unpaired) electrons. The van der Waals surface area contributed by atoms with Gasteiger partial charge < -0.3 is 0 Å². The molecule has 0 heterocycles. The number of hydrogen-bond acceptors (Lipinski definition) is 0. The molecule has 9 heavy (non-hydrogen) atoms. The maximum Gasteiger partial charge on any atom is 0.0245 e. The molecule has 48 valence electrons. The molecule has 0 aromatic rings. The molecule has 4 bridgehead atoms. The summed E-state index contributed by atoms with van der Waals surface area (Å²) < 4.78 is 0. The number of rotatable bonds is 0. The summed E-state index contributed by atoms with van der Waals surface area (Å²) in [6.45, 7) is 0. The van der Waals surface area contributed by atoms with Gasteiger partial charge in [0.1, 0.15) is 0 Å². The first-order chi connectivity index (χ1) is 4.38. The third kappa shape index (κ3) is 0.429. The monoisotopic (exact) mass is 184 g/mol. The molecule has 0 aromatic heterocycles. The molecule has 0 spiro atoms. The Kier molecular flexibility index (Phi) is 0.710. The van der Waals surface area contributed by atoms with E-state index in [1.54, 1.807) is 0 Å². The summed E-state index contributed by atoms with van der Waals surface area (Å²) >= 11 is 3.75. The van der Waals surface area contributed by atoms with E-state index >= 15 is 0 Å². The van der Waals surface area contributed by atoms with E-state index in [0.29, 0.717) is 0 Å². The fourth-order valence-electron chi connectivity index (χ4n) is 2.65. The molecule has 2 saturated carbocycles. The Morgan fingerprint density at radius 3 is 2.56 bits per heavy atom. The predicted molar refractivity (Wildman–Crippen MR) is 40.4 cm³/mol. The summed E-state index contributed by atoms with van der Waals surface area (Å²) in [6, 6.07) is 0. The second-order valence-corrected chi connectivity index (χ2v) is 4.60. The van der Waals surface area contributed by atoms with Crippen molar-refractivity contribution in [3.8, 4) is 0 Å². The Hall–Kier alpha value is 0.220. The molecule has 0 N–H and O–H groups in total. The molecule has 5 unspecified atom stereocenters. The van der Waals surface area contributed by atoms with Crippen LogP contribution in [0.15, 0.2) is 12.2 Å². The van der Waals surface area contributed by atoms with Gasteiger partial charge in [-0.05, 0) is 30.1 Å². The second kappa shape index (κ2) is 1.29. The van der Waals surface area contributed by atoms with E-state index in [4.69, 9.17) is 0 Å². The summed E-state index contributed by atoms with van der Waals surface area (Å²) in [5.41, 5.74) is 0. The van der Waals surface area contributed by atoms with Crippen LogP contribution in [0.25, 0.3) is 0 Å². The molecular formula is C8H9Br. The number of allylic oxidation sites excluding steroid dienone is 2. The molecule has 0 aromatic carbocycles. The van der Waals surface area contributed by atoms with E-state index in [9.17, 15) is 0 Å². The lowest BCUT2D eigenvalue weighted by Gasteiger charge is -2.19. The third-order valence-electron chi connectivity index (χ3n) is 3.19. The second-order valence-electron chi connectivity index (χ2n) is 3.55.